The monoisotopic (exact) mass is 456 g/mol. The number of carbonyl (C=O) groups is 1. The molecule has 9 heteroatoms. The SMILES string of the molecule is CC(C)(CO)CNC(=O)c1cc2cc(Cl)ccc2n1Cc1cc(F)ccc1C(F)(F)F. The average molecular weight is 457 g/mol. The van der Waals surface area contributed by atoms with Crippen molar-refractivity contribution in [1.82, 2.24) is 9.88 Å². The predicted molar refractivity (Wildman–Crippen MR) is 111 cm³/mol. The van der Waals surface area contributed by atoms with Gasteiger partial charge in [0.05, 0.1) is 5.56 Å². The van der Waals surface area contributed by atoms with E-state index in [9.17, 15) is 27.5 Å². The molecule has 2 N–H and O–H groups in total. The predicted octanol–water partition coefficient (Wildman–Crippen LogP) is 5.25. The van der Waals surface area contributed by atoms with Crippen LogP contribution in [0, 0.1) is 11.2 Å². The fourth-order valence-corrected chi connectivity index (χ4v) is 3.39. The maximum absolute atomic E-state index is 13.8. The Morgan fingerprint density at radius 2 is 1.84 bits per heavy atom. The summed E-state index contributed by atoms with van der Waals surface area (Å²) >= 11 is 6.03. The number of benzene rings is 2. The van der Waals surface area contributed by atoms with Gasteiger partial charge in [0, 0.05) is 41.0 Å². The van der Waals surface area contributed by atoms with Gasteiger partial charge in [0.2, 0.25) is 0 Å². The number of aromatic nitrogens is 1. The van der Waals surface area contributed by atoms with Crippen molar-refractivity contribution in [1.29, 1.82) is 0 Å². The fraction of sp³-hybridized carbons (Fsp3) is 0.318. The van der Waals surface area contributed by atoms with Crippen LogP contribution in [0.25, 0.3) is 10.9 Å². The van der Waals surface area contributed by atoms with Crippen molar-refractivity contribution in [3.05, 3.63) is 70.1 Å². The lowest BCUT2D eigenvalue weighted by molar-refractivity contribution is -0.138. The van der Waals surface area contributed by atoms with E-state index < -0.39 is 28.9 Å². The molecule has 4 nitrogen and oxygen atoms in total. The largest absolute Gasteiger partial charge is 0.416 e. The molecule has 0 aliphatic rings. The van der Waals surface area contributed by atoms with Crippen LogP contribution in [-0.4, -0.2) is 28.7 Å². The molecule has 0 spiro atoms. The van der Waals surface area contributed by atoms with Crippen molar-refractivity contribution in [2.45, 2.75) is 26.6 Å². The second kappa shape index (κ2) is 8.51. The summed E-state index contributed by atoms with van der Waals surface area (Å²) in [5.74, 6) is -1.34. The highest BCUT2D eigenvalue weighted by molar-refractivity contribution is 6.31. The van der Waals surface area contributed by atoms with E-state index in [1.165, 1.54) is 10.6 Å². The molecule has 3 rings (SSSR count). The molecule has 0 unspecified atom stereocenters. The van der Waals surface area contributed by atoms with Crippen LogP contribution in [0.4, 0.5) is 17.6 Å². The van der Waals surface area contributed by atoms with Gasteiger partial charge in [-0.3, -0.25) is 4.79 Å². The highest BCUT2D eigenvalue weighted by Gasteiger charge is 2.34. The Balaban J connectivity index is 2.09. The first-order valence-electron chi connectivity index (χ1n) is 9.45. The van der Waals surface area contributed by atoms with Crippen LogP contribution in [0.5, 0.6) is 0 Å². The summed E-state index contributed by atoms with van der Waals surface area (Å²) in [6.45, 7) is 3.13. The third kappa shape index (κ3) is 5.19. The quantitative estimate of drug-likeness (QED) is 0.498. The molecule has 0 bridgehead atoms. The second-order valence-electron chi connectivity index (χ2n) is 8.12. The van der Waals surface area contributed by atoms with Gasteiger partial charge < -0.3 is 15.0 Å². The minimum absolute atomic E-state index is 0.100. The maximum atomic E-state index is 13.8. The van der Waals surface area contributed by atoms with E-state index in [4.69, 9.17) is 11.6 Å². The number of nitrogens with one attached hydrogen (secondary N) is 1. The molecule has 3 aromatic rings. The lowest BCUT2D eigenvalue weighted by atomic mass is 9.95. The molecule has 1 aromatic heterocycles. The average Bonchev–Trinajstić information content (AvgIpc) is 3.02. The molecule has 0 saturated carbocycles. The number of aliphatic hydroxyl groups excluding tert-OH is 1. The van der Waals surface area contributed by atoms with E-state index in [-0.39, 0.29) is 31.0 Å². The summed E-state index contributed by atoms with van der Waals surface area (Å²) in [6, 6.07) is 8.54. The summed E-state index contributed by atoms with van der Waals surface area (Å²) in [4.78, 5) is 12.9. The molecule has 166 valence electrons. The van der Waals surface area contributed by atoms with Crippen molar-refractivity contribution in [2.75, 3.05) is 13.2 Å². The summed E-state index contributed by atoms with van der Waals surface area (Å²) in [5.41, 5.74) is -1.28. The summed E-state index contributed by atoms with van der Waals surface area (Å²) in [5, 5.41) is 13.1. The molecule has 0 aliphatic heterocycles. The molecule has 0 saturated heterocycles. The highest BCUT2D eigenvalue weighted by Crippen LogP contribution is 2.34. The van der Waals surface area contributed by atoms with Gasteiger partial charge in [0.1, 0.15) is 11.5 Å². The number of rotatable bonds is 6. The van der Waals surface area contributed by atoms with Crippen molar-refractivity contribution in [3.63, 3.8) is 0 Å². The molecular weight excluding hydrogens is 436 g/mol. The number of fused-ring (bicyclic) bond motifs is 1. The molecule has 0 atom stereocenters. The van der Waals surface area contributed by atoms with Crippen LogP contribution in [0.2, 0.25) is 5.02 Å². The zero-order valence-corrected chi connectivity index (χ0v) is 17.6. The van der Waals surface area contributed by atoms with Crippen LogP contribution in [0.15, 0.2) is 42.5 Å². The summed E-state index contributed by atoms with van der Waals surface area (Å²) < 4.78 is 55.6. The smallest absolute Gasteiger partial charge is 0.396 e. The van der Waals surface area contributed by atoms with Crippen molar-refractivity contribution >= 4 is 28.4 Å². The summed E-state index contributed by atoms with van der Waals surface area (Å²) in [6.07, 6.45) is -4.68. The second-order valence-corrected chi connectivity index (χ2v) is 8.56. The van der Waals surface area contributed by atoms with Crippen LogP contribution in [0.1, 0.15) is 35.5 Å². The minimum atomic E-state index is -4.68. The van der Waals surface area contributed by atoms with Crippen LogP contribution in [-0.2, 0) is 12.7 Å². The first kappa shape index (κ1) is 23.1. The lowest BCUT2D eigenvalue weighted by Gasteiger charge is -2.22. The molecule has 0 radical (unpaired) electrons. The Bertz CT molecular complexity index is 1120. The number of alkyl halides is 3. The van der Waals surface area contributed by atoms with E-state index in [1.807, 2.05) is 0 Å². The molecule has 1 amide bonds. The Kier molecular flexibility index (Phi) is 6.34. The zero-order chi connectivity index (χ0) is 23.0. The van der Waals surface area contributed by atoms with Crippen molar-refractivity contribution in [3.8, 4) is 0 Å². The first-order valence-corrected chi connectivity index (χ1v) is 9.82. The lowest BCUT2D eigenvalue weighted by Crippen LogP contribution is -2.36. The van der Waals surface area contributed by atoms with E-state index >= 15 is 0 Å². The normalized spacial score (nSPS) is 12.4. The number of halogens is 5. The van der Waals surface area contributed by atoms with Gasteiger partial charge >= 0.3 is 6.18 Å². The number of hydrogen-bond donors (Lipinski definition) is 2. The van der Waals surface area contributed by atoms with Gasteiger partial charge in [0.25, 0.3) is 5.91 Å². The maximum Gasteiger partial charge on any atom is 0.416 e. The van der Waals surface area contributed by atoms with Crippen molar-refractivity contribution in [2.24, 2.45) is 5.41 Å². The molecule has 0 aliphatic carbocycles. The molecular formula is C22H21ClF4N2O2. The summed E-state index contributed by atoms with van der Waals surface area (Å²) in [7, 11) is 0. The third-order valence-electron chi connectivity index (χ3n) is 4.95. The van der Waals surface area contributed by atoms with Gasteiger partial charge in [-0.1, -0.05) is 25.4 Å². The van der Waals surface area contributed by atoms with E-state index in [0.29, 0.717) is 22.0 Å². The van der Waals surface area contributed by atoms with Gasteiger partial charge in [-0.2, -0.15) is 13.2 Å². The number of amides is 1. The number of carbonyl (C=O) groups excluding carboxylic acids is 1. The number of aliphatic hydroxyl groups is 1. The fourth-order valence-electron chi connectivity index (χ4n) is 3.21. The van der Waals surface area contributed by atoms with E-state index in [1.54, 1.807) is 32.0 Å². The Hall–Kier alpha value is -2.58. The van der Waals surface area contributed by atoms with E-state index in [2.05, 4.69) is 5.32 Å². The molecule has 0 fully saturated rings. The molecule has 2 aromatic carbocycles. The Morgan fingerprint density at radius 1 is 1.13 bits per heavy atom. The van der Waals surface area contributed by atoms with E-state index in [0.717, 1.165) is 12.1 Å². The van der Waals surface area contributed by atoms with Gasteiger partial charge in [-0.05, 0) is 48.0 Å². The Labute approximate surface area is 181 Å². The number of hydrogen-bond acceptors (Lipinski definition) is 2. The van der Waals surface area contributed by atoms with Gasteiger partial charge in [0.15, 0.2) is 0 Å². The van der Waals surface area contributed by atoms with Crippen molar-refractivity contribution < 1.29 is 27.5 Å². The Morgan fingerprint density at radius 3 is 2.48 bits per heavy atom. The van der Waals surface area contributed by atoms with Crippen LogP contribution >= 0.6 is 11.6 Å². The van der Waals surface area contributed by atoms with Crippen LogP contribution in [0.3, 0.4) is 0 Å². The minimum Gasteiger partial charge on any atom is -0.396 e. The molecule has 31 heavy (non-hydrogen) atoms. The zero-order valence-electron chi connectivity index (χ0n) is 16.9. The standard InChI is InChI=1S/C22H21ClF4N2O2/c1-21(2,12-30)11-28-20(31)19-9-13-7-15(23)3-6-18(13)29(19)10-14-8-16(24)4-5-17(14)22(25,26)27/h3-9,30H,10-12H2,1-2H3,(H,28,31). The van der Waals surface area contributed by atoms with Gasteiger partial charge in [-0.15, -0.1) is 0 Å². The number of nitrogens with zero attached hydrogens (tertiary/aromatic N) is 1. The first-order chi connectivity index (χ1) is 14.4. The molecule has 1 heterocycles. The topological polar surface area (TPSA) is 54.3 Å². The van der Waals surface area contributed by atoms with Crippen LogP contribution < -0.4 is 5.32 Å². The van der Waals surface area contributed by atoms with Gasteiger partial charge in [-0.25, -0.2) is 4.39 Å². The highest BCUT2D eigenvalue weighted by atomic mass is 35.5. The third-order valence-corrected chi connectivity index (χ3v) is 5.19.